The van der Waals surface area contributed by atoms with E-state index in [0.717, 1.165) is 12.1 Å². The van der Waals surface area contributed by atoms with Crippen molar-refractivity contribution in [3.8, 4) is 11.5 Å². The van der Waals surface area contributed by atoms with Crippen LogP contribution in [0.15, 0.2) is 18.2 Å². The fraction of sp³-hybridized carbons (Fsp3) is 0.500. The van der Waals surface area contributed by atoms with Crippen LogP contribution in [0, 0.1) is 0 Å². The second kappa shape index (κ2) is 6.99. The standard InChI is InChI=1S/C14H22N2O3/c1-16(2)8-7-11(14(15)17)10-5-6-12(18-3)13(9-10)19-4/h5-6,9,11H,7-8H2,1-4H3,(H2,15,17). The zero-order chi connectivity index (χ0) is 14.4. The molecule has 0 saturated heterocycles. The Morgan fingerprint density at radius 2 is 1.89 bits per heavy atom. The molecule has 0 aliphatic carbocycles. The Balaban J connectivity index is 2.99. The molecule has 0 fully saturated rings. The summed E-state index contributed by atoms with van der Waals surface area (Å²) < 4.78 is 10.4. The van der Waals surface area contributed by atoms with E-state index in [1.807, 2.05) is 31.1 Å². The first-order valence-corrected chi connectivity index (χ1v) is 6.15. The van der Waals surface area contributed by atoms with Crippen molar-refractivity contribution >= 4 is 5.91 Å². The largest absolute Gasteiger partial charge is 0.493 e. The highest BCUT2D eigenvalue weighted by molar-refractivity contribution is 5.82. The molecule has 1 rings (SSSR count). The fourth-order valence-electron chi connectivity index (χ4n) is 1.93. The number of hydrogen-bond acceptors (Lipinski definition) is 4. The Morgan fingerprint density at radius 1 is 1.26 bits per heavy atom. The van der Waals surface area contributed by atoms with Crippen LogP contribution in [0.2, 0.25) is 0 Å². The van der Waals surface area contributed by atoms with Gasteiger partial charge in [-0.15, -0.1) is 0 Å². The predicted molar refractivity (Wildman–Crippen MR) is 74.7 cm³/mol. The van der Waals surface area contributed by atoms with Gasteiger partial charge in [-0.3, -0.25) is 4.79 Å². The number of nitrogens with two attached hydrogens (primary N) is 1. The van der Waals surface area contributed by atoms with Crippen LogP contribution in [-0.4, -0.2) is 45.7 Å². The van der Waals surface area contributed by atoms with Gasteiger partial charge in [-0.2, -0.15) is 0 Å². The summed E-state index contributed by atoms with van der Waals surface area (Å²) in [5, 5.41) is 0. The molecular weight excluding hydrogens is 244 g/mol. The van der Waals surface area contributed by atoms with Gasteiger partial charge in [-0.05, 0) is 44.8 Å². The summed E-state index contributed by atoms with van der Waals surface area (Å²) in [5.41, 5.74) is 6.34. The van der Waals surface area contributed by atoms with E-state index in [-0.39, 0.29) is 11.8 Å². The molecule has 1 atom stereocenters. The number of carbonyl (C=O) groups excluding carboxylic acids is 1. The van der Waals surface area contributed by atoms with E-state index >= 15 is 0 Å². The summed E-state index contributed by atoms with van der Waals surface area (Å²) in [6.45, 7) is 0.794. The highest BCUT2D eigenvalue weighted by Gasteiger charge is 2.19. The molecule has 1 aromatic rings. The monoisotopic (exact) mass is 266 g/mol. The molecule has 0 saturated carbocycles. The van der Waals surface area contributed by atoms with E-state index in [1.54, 1.807) is 20.3 Å². The van der Waals surface area contributed by atoms with Gasteiger partial charge in [0.1, 0.15) is 0 Å². The van der Waals surface area contributed by atoms with E-state index in [4.69, 9.17) is 15.2 Å². The minimum atomic E-state index is -0.325. The first-order valence-electron chi connectivity index (χ1n) is 6.15. The lowest BCUT2D eigenvalue weighted by Crippen LogP contribution is -2.25. The van der Waals surface area contributed by atoms with E-state index in [1.165, 1.54) is 0 Å². The van der Waals surface area contributed by atoms with Crippen molar-refractivity contribution in [2.45, 2.75) is 12.3 Å². The molecule has 1 aromatic carbocycles. The summed E-state index contributed by atoms with van der Waals surface area (Å²) in [7, 11) is 7.08. The van der Waals surface area contributed by atoms with Gasteiger partial charge < -0.3 is 20.1 Å². The quantitative estimate of drug-likeness (QED) is 0.806. The number of carbonyl (C=O) groups is 1. The van der Waals surface area contributed by atoms with Gasteiger partial charge in [0.25, 0.3) is 0 Å². The number of primary amides is 1. The highest BCUT2D eigenvalue weighted by atomic mass is 16.5. The molecular formula is C14H22N2O3. The smallest absolute Gasteiger partial charge is 0.225 e. The predicted octanol–water partition coefficient (Wildman–Crippen LogP) is 1.22. The second-order valence-corrected chi connectivity index (χ2v) is 4.66. The van der Waals surface area contributed by atoms with E-state index < -0.39 is 0 Å². The van der Waals surface area contributed by atoms with Crippen molar-refractivity contribution in [3.63, 3.8) is 0 Å². The van der Waals surface area contributed by atoms with Crippen molar-refractivity contribution in [3.05, 3.63) is 23.8 Å². The van der Waals surface area contributed by atoms with Crippen LogP contribution in [0.25, 0.3) is 0 Å². The third-order valence-corrected chi connectivity index (χ3v) is 3.02. The van der Waals surface area contributed by atoms with Crippen LogP contribution in [-0.2, 0) is 4.79 Å². The zero-order valence-electron chi connectivity index (χ0n) is 12.0. The lowest BCUT2D eigenvalue weighted by Gasteiger charge is -2.18. The minimum absolute atomic E-state index is 0.317. The van der Waals surface area contributed by atoms with Crippen LogP contribution in [0.1, 0.15) is 17.9 Å². The van der Waals surface area contributed by atoms with Gasteiger partial charge in [0.15, 0.2) is 11.5 Å². The minimum Gasteiger partial charge on any atom is -0.493 e. The van der Waals surface area contributed by atoms with Crippen LogP contribution >= 0.6 is 0 Å². The van der Waals surface area contributed by atoms with Crippen LogP contribution < -0.4 is 15.2 Å². The molecule has 0 aliphatic rings. The SMILES string of the molecule is COc1ccc(C(CCN(C)C)C(N)=O)cc1OC. The molecule has 0 aromatic heterocycles. The van der Waals surface area contributed by atoms with Crippen LogP contribution in [0.3, 0.4) is 0 Å². The maximum atomic E-state index is 11.6. The van der Waals surface area contributed by atoms with Crippen molar-refractivity contribution < 1.29 is 14.3 Å². The first kappa shape index (κ1) is 15.3. The fourth-order valence-corrected chi connectivity index (χ4v) is 1.93. The van der Waals surface area contributed by atoms with E-state index in [0.29, 0.717) is 17.9 Å². The number of hydrogen-bond donors (Lipinski definition) is 1. The number of rotatable bonds is 7. The summed E-state index contributed by atoms with van der Waals surface area (Å²) >= 11 is 0. The zero-order valence-corrected chi connectivity index (χ0v) is 12.0. The molecule has 1 amide bonds. The third kappa shape index (κ3) is 4.13. The number of amides is 1. The van der Waals surface area contributed by atoms with Gasteiger partial charge >= 0.3 is 0 Å². The molecule has 1 unspecified atom stereocenters. The summed E-state index contributed by atoms with van der Waals surface area (Å²) in [6, 6.07) is 5.45. The lowest BCUT2D eigenvalue weighted by molar-refractivity contribution is -0.119. The molecule has 5 heteroatoms. The summed E-state index contributed by atoms with van der Waals surface area (Å²) in [6.07, 6.45) is 0.678. The van der Waals surface area contributed by atoms with Gasteiger partial charge in [-0.25, -0.2) is 0 Å². The Morgan fingerprint density at radius 3 is 2.37 bits per heavy atom. The molecule has 2 N–H and O–H groups in total. The van der Waals surface area contributed by atoms with E-state index in [9.17, 15) is 4.79 Å². The average Bonchev–Trinajstić information content (AvgIpc) is 2.37. The Bertz CT molecular complexity index is 433. The second-order valence-electron chi connectivity index (χ2n) is 4.66. The van der Waals surface area contributed by atoms with Gasteiger partial charge in [-0.1, -0.05) is 6.07 Å². The Kier molecular flexibility index (Phi) is 5.63. The molecule has 19 heavy (non-hydrogen) atoms. The molecule has 0 heterocycles. The number of ether oxygens (including phenoxy) is 2. The van der Waals surface area contributed by atoms with E-state index in [2.05, 4.69) is 0 Å². The maximum Gasteiger partial charge on any atom is 0.225 e. The summed E-state index contributed by atoms with van der Waals surface area (Å²) in [5.74, 6) is 0.606. The molecule has 0 radical (unpaired) electrons. The number of benzene rings is 1. The number of methoxy groups -OCH3 is 2. The van der Waals surface area contributed by atoms with Crippen LogP contribution in [0.5, 0.6) is 11.5 Å². The topological polar surface area (TPSA) is 64.8 Å². The van der Waals surface area contributed by atoms with Crippen molar-refractivity contribution in [1.29, 1.82) is 0 Å². The number of nitrogens with zero attached hydrogens (tertiary/aromatic N) is 1. The van der Waals surface area contributed by atoms with Crippen molar-refractivity contribution in [2.24, 2.45) is 5.73 Å². The molecule has 0 spiro atoms. The van der Waals surface area contributed by atoms with Gasteiger partial charge in [0.2, 0.25) is 5.91 Å². The summed E-state index contributed by atoms with van der Waals surface area (Å²) in [4.78, 5) is 13.6. The van der Waals surface area contributed by atoms with Crippen molar-refractivity contribution in [2.75, 3.05) is 34.9 Å². The normalized spacial score (nSPS) is 12.3. The highest BCUT2D eigenvalue weighted by Crippen LogP contribution is 2.31. The average molecular weight is 266 g/mol. The Labute approximate surface area is 114 Å². The maximum absolute atomic E-state index is 11.6. The van der Waals surface area contributed by atoms with Crippen LogP contribution in [0.4, 0.5) is 0 Å². The molecule has 0 bridgehead atoms. The lowest BCUT2D eigenvalue weighted by atomic mass is 9.94. The molecule has 5 nitrogen and oxygen atoms in total. The third-order valence-electron chi connectivity index (χ3n) is 3.02. The molecule has 106 valence electrons. The molecule has 0 aliphatic heterocycles. The van der Waals surface area contributed by atoms with Gasteiger partial charge in [0, 0.05) is 0 Å². The van der Waals surface area contributed by atoms with Gasteiger partial charge in [0.05, 0.1) is 20.1 Å². The first-order chi connectivity index (χ1) is 8.99. The van der Waals surface area contributed by atoms with Crippen molar-refractivity contribution in [1.82, 2.24) is 4.90 Å². The Hall–Kier alpha value is -1.75.